The largest absolute Gasteiger partial charge is 0.492 e. The highest BCUT2D eigenvalue weighted by Gasteiger charge is 2.15. The van der Waals surface area contributed by atoms with Crippen LogP contribution in [0.15, 0.2) is 24.3 Å². The SMILES string of the molecule is CCC(COc1ccccc1C#N)CS(N)(=O)=O. The molecule has 0 spiro atoms. The van der Waals surface area contributed by atoms with Crippen LogP contribution in [-0.4, -0.2) is 20.8 Å². The molecule has 0 aromatic heterocycles. The predicted molar refractivity (Wildman–Crippen MR) is 68.4 cm³/mol. The highest BCUT2D eigenvalue weighted by molar-refractivity contribution is 7.89. The van der Waals surface area contributed by atoms with Crippen LogP contribution in [0.5, 0.6) is 5.75 Å². The third kappa shape index (κ3) is 4.73. The minimum absolute atomic E-state index is 0.113. The van der Waals surface area contributed by atoms with Crippen LogP contribution in [0.4, 0.5) is 0 Å². The van der Waals surface area contributed by atoms with E-state index in [2.05, 4.69) is 0 Å². The second-order valence-electron chi connectivity index (χ2n) is 4.02. The van der Waals surface area contributed by atoms with E-state index >= 15 is 0 Å². The van der Waals surface area contributed by atoms with Crippen molar-refractivity contribution in [3.05, 3.63) is 29.8 Å². The lowest BCUT2D eigenvalue weighted by Gasteiger charge is -2.15. The Morgan fingerprint density at radius 2 is 2.11 bits per heavy atom. The van der Waals surface area contributed by atoms with Gasteiger partial charge in [0.2, 0.25) is 10.0 Å². The summed E-state index contributed by atoms with van der Waals surface area (Å²) in [6.07, 6.45) is 0.644. The van der Waals surface area contributed by atoms with E-state index in [1.807, 2.05) is 13.0 Å². The first-order valence-corrected chi connectivity index (χ1v) is 7.30. The lowest BCUT2D eigenvalue weighted by molar-refractivity contribution is 0.257. The number of rotatable bonds is 6. The van der Waals surface area contributed by atoms with Crippen LogP contribution in [0, 0.1) is 17.2 Å². The normalized spacial score (nSPS) is 12.7. The first-order chi connectivity index (χ1) is 8.46. The monoisotopic (exact) mass is 268 g/mol. The highest BCUT2D eigenvalue weighted by Crippen LogP contribution is 2.18. The molecule has 0 heterocycles. The number of nitrogens with zero attached hydrogens (tertiary/aromatic N) is 1. The molecule has 18 heavy (non-hydrogen) atoms. The molecule has 1 unspecified atom stereocenters. The summed E-state index contributed by atoms with van der Waals surface area (Å²) in [6.45, 7) is 2.10. The van der Waals surface area contributed by atoms with Gasteiger partial charge in [-0.05, 0) is 18.6 Å². The molecule has 98 valence electrons. The topological polar surface area (TPSA) is 93.2 Å². The van der Waals surface area contributed by atoms with E-state index in [0.29, 0.717) is 17.7 Å². The maximum Gasteiger partial charge on any atom is 0.209 e. The zero-order valence-corrected chi connectivity index (χ0v) is 11.0. The third-order valence-corrected chi connectivity index (χ3v) is 3.46. The fourth-order valence-electron chi connectivity index (χ4n) is 1.50. The van der Waals surface area contributed by atoms with E-state index < -0.39 is 10.0 Å². The van der Waals surface area contributed by atoms with Crippen LogP contribution in [0.1, 0.15) is 18.9 Å². The Balaban J connectivity index is 2.66. The van der Waals surface area contributed by atoms with Gasteiger partial charge in [0, 0.05) is 5.92 Å². The number of primary sulfonamides is 1. The van der Waals surface area contributed by atoms with Gasteiger partial charge in [-0.15, -0.1) is 0 Å². The van der Waals surface area contributed by atoms with Crippen molar-refractivity contribution < 1.29 is 13.2 Å². The number of ether oxygens (including phenoxy) is 1. The second-order valence-corrected chi connectivity index (χ2v) is 5.68. The van der Waals surface area contributed by atoms with Gasteiger partial charge >= 0.3 is 0 Å². The number of nitrogens with two attached hydrogens (primary N) is 1. The average molecular weight is 268 g/mol. The fourth-order valence-corrected chi connectivity index (χ4v) is 2.49. The summed E-state index contributed by atoms with van der Waals surface area (Å²) in [5.74, 6) is 0.178. The van der Waals surface area contributed by atoms with Crippen LogP contribution < -0.4 is 9.88 Å². The maximum absolute atomic E-state index is 11.0. The summed E-state index contributed by atoms with van der Waals surface area (Å²) in [5, 5.41) is 13.9. The molecule has 0 saturated heterocycles. The molecule has 1 atom stereocenters. The molecule has 5 nitrogen and oxygen atoms in total. The van der Waals surface area contributed by atoms with Crippen molar-refractivity contribution in [2.24, 2.45) is 11.1 Å². The summed E-state index contributed by atoms with van der Waals surface area (Å²) < 4.78 is 27.5. The van der Waals surface area contributed by atoms with Crippen molar-refractivity contribution in [1.29, 1.82) is 5.26 Å². The zero-order chi connectivity index (χ0) is 13.6. The molecule has 0 aliphatic carbocycles. The highest BCUT2D eigenvalue weighted by atomic mass is 32.2. The van der Waals surface area contributed by atoms with Gasteiger partial charge in [0.1, 0.15) is 11.8 Å². The molecule has 0 amide bonds. The third-order valence-electron chi connectivity index (χ3n) is 2.53. The van der Waals surface area contributed by atoms with Gasteiger partial charge in [-0.25, -0.2) is 13.6 Å². The first-order valence-electron chi connectivity index (χ1n) is 5.58. The van der Waals surface area contributed by atoms with Gasteiger partial charge in [-0.3, -0.25) is 0 Å². The van der Waals surface area contributed by atoms with Crippen molar-refractivity contribution in [3.8, 4) is 11.8 Å². The Hall–Kier alpha value is -1.58. The molecule has 1 aromatic rings. The van der Waals surface area contributed by atoms with Gasteiger partial charge in [-0.1, -0.05) is 19.1 Å². The average Bonchev–Trinajstić information content (AvgIpc) is 2.33. The molecule has 0 aliphatic heterocycles. The lowest BCUT2D eigenvalue weighted by atomic mass is 10.1. The number of nitriles is 1. The zero-order valence-electron chi connectivity index (χ0n) is 10.2. The molecule has 0 fully saturated rings. The van der Waals surface area contributed by atoms with Gasteiger partial charge in [0.25, 0.3) is 0 Å². The van der Waals surface area contributed by atoms with Crippen molar-refractivity contribution in [2.45, 2.75) is 13.3 Å². The van der Waals surface area contributed by atoms with E-state index in [1.165, 1.54) is 0 Å². The molecule has 0 aliphatic rings. The number of hydrogen-bond acceptors (Lipinski definition) is 4. The summed E-state index contributed by atoms with van der Waals surface area (Å²) >= 11 is 0. The van der Waals surface area contributed by atoms with Crippen molar-refractivity contribution in [1.82, 2.24) is 0 Å². The van der Waals surface area contributed by atoms with E-state index in [1.54, 1.807) is 24.3 Å². The summed E-state index contributed by atoms with van der Waals surface area (Å²) in [6, 6.07) is 8.85. The molecule has 0 saturated carbocycles. The van der Waals surface area contributed by atoms with Crippen LogP contribution in [0.3, 0.4) is 0 Å². The Labute approximate surface area is 107 Å². The van der Waals surface area contributed by atoms with Crippen LogP contribution >= 0.6 is 0 Å². The number of benzene rings is 1. The molecular formula is C12H16N2O3S. The van der Waals surface area contributed by atoms with Gasteiger partial charge in [0.05, 0.1) is 17.9 Å². The van der Waals surface area contributed by atoms with Gasteiger partial charge in [-0.2, -0.15) is 5.26 Å². The second kappa shape index (κ2) is 6.38. The van der Waals surface area contributed by atoms with Crippen LogP contribution in [0.2, 0.25) is 0 Å². The Morgan fingerprint density at radius 1 is 1.44 bits per heavy atom. The maximum atomic E-state index is 11.0. The van der Waals surface area contributed by atoms with Crippen molar-refractivity contribution in [2.75, 3.05) is 12.4 Å². The molecule has 2 N–H and O–H groups in total. The molecule has 1 rings (SSSR count). The summed E-state index contributed by atoms with van der Waals surface area (Å²) in [5.41, 5.74) is 0.433. The number of sulfonamides is 1. The quantitative estimate of drug-likeness (QED) is 0.840. The lowest BCUT2D eigenvalue weighted by Crippen LogP contribution is -2.26. The van der Waals surface area contributed by atoms with E-state index in [4.69, 9.17) is 15.1 Å². The molecule has 0 radical (unpaired) electrons. The predicted octanol–water partition coefficient (Wildman–Crippen LogP) is 1.25. The van der Waals surface area contributed by atoms with Crippen molar-refractivity contribution >= 4 is 10.0 Å². The first kappa shape index (κ1) is 14.5. The smallest absolute Gasteiger partial charge is 0.209 e. The van der Waals surface area contributed by atoms with E-state index in [0.717, 1.165) is 0 Å². The molecular weight excluding hydrogens is 252 g/mol. The summed E-state index contributed by atoms with van der Waals surface area (Å²) in [7, 11) is -3.50. The van der Waals surface area contributed by atoms with Crippen molar-refractivity contribution in [3.63, 3.8) is 0 Å². The minimum Gasteiger partial charge on any atom is -0.492 e. The minimum atomic E-state index is -3.50. The number of hydrogen-bond donors (Lipinski definition) is 1. The Kier molecular flexibility index (Phi) is 5.13. The molecule has 6 heteroatoms. The van der Waals surface area contributed by atoms with Crippen LogP contribution in [0.25, 0.3) is 0 Å². The van der Waals surface area contributed by atoms with E-state index in [9.17, 15) is 8.42 Å². The van der Waals surface area contributed by atoms with Gasteiger partial charge in [0.15, 0.2) is 0 Å². The molecule has 1 aromatic carbocycles. The number of para-hydroxylation sites is 1. The van der Waals surface area contributed by atoms with Gasteiger partial charge < -0.3 is 4.74 Å². The van der Waals surface area contributed by atoms with E-state index in [-0.39, 0.29) is 18.3 Å². The Bertz CT molecular complexity index is 534. The van der Waals surface area contributed by atoms with Crippen LogP contribution in [-0.2, 0) is 10.0 Å². The summed E-state index contributed by atoms with van der Waals surface area (Å²) in [4.78, 5) is 0. The Morgan fingerprint density at radius 3 is 2.67 bits per heavy atom. The molecule has 0 bridgehead atoms. The fraction of sp³-hybridized carbons (Fsp3) is 0.417. The standard InChI is InChI=1S/C12H16N2O3S/c1-2-10(9-18(14,15)16)8-17-12-6-4-3-5-11(12)7-13/h3-6,10H,2,8-9H2,1H3,(H2,14,15,16).